The van der Waals surface area contributed by atoms with E-state index in [1.54, 1.807) is 18.2 Å². The van der Waals surface area contributed by atoms with Gasteiger partial charge in [-0.3, -0.25) is 4.79 Å². The zero-order chi connectivity index (χ0) is 16.7. The molecule has 0 aliphatic carbocycles. The van der Waals surface area contributed by atoms with E-state index in [0.717, 1.165) is 10.0 Å². The zero-order valence-corrected chi connectivity index (χ0v) is 14.5. The molecule has 4 aromatic rings. The van der Waals surface area contributed by atoms with Crippen LogP contribution in [0.15, 0.2) is 57.8 Å². The lowest BCUT2D eigenvalue weighted by atomic mass is 10.2. The molecule has 0 radical (unpaired) electrons. The number of rotatable bonds is 2. The van der Waals surface area contributed by atoms with Gasteiger partial charge in [0.1, 0.15) is 5.82 Å². The fourth-order valence-corrected chi connectivity index (χ4v) is 3.68. The lowest BCUT2D eigenvalue weighted by Gasteiger charge is -1.97. The molecule has 0 aliphatic heterocycles. The highest BCUT2D eigenvalue weighted by Gasteiger charge is 2.13. The second-order valence-corrected chi connectivity index (χ2v) is 6.91. The van der Waals surface area contributed by atoms with E-state index in [1.165, 1.54) is 28.0 Å². The number of aromatic nitrogens is 3. The summed E-state index contributed by atoms with van der Waals surface area (Å²) in [5.41, 5.74) is 0.877. The topological polar surface area (TPSA) is 47.3 Å². The summed E-state index contributed by atoms with van der Waals surface area (Å²) < 4.78 is 16.3. The quantitative estimate of drug-likeness (QED) is 0.517. The lowest BCUT2D eigenvalue weighted by Crippen LogP contribution is -2.23. The molecule has 0 N–H and O–H groups in total. The van der Waals surface area contributed by atoms with Gasteiger partial charge in [-0.1, -0.05) is 57.6 Å². The Balaban J connectivity index is 1.87. The van der Waals surface area contributed by atoms with Crippen LogP contribution in [-0.2, 0) is 0 Å². The molecular formula is C17H9BrFN3OS. The van der Waals surface area contributed by atoms with Gasteiger partial charge in [-0.2, -0.15) is 9.50 Å². The van der Waals surface area contributed by atoms with Gasteiger partial charge in [0.2, 0.25) is 4.96 Å². The van der Waals surface area contributed by atoms with Gasteiger partial charge < -0.3 is 0 Å². The van der Waals surface area contributed by atoms with Crippen LogP contribution < -0.4 is 10.1 Å². The molecule has 24 heavy (non-hydrogen) atoms. The van der Waals surface area contributed by atoms with E-state index < -0.39 is 0 Å². The monoisotopic (exact) mass is 401 g/mol. The molecule has 0 bridgehead atoms. The van der Waals surface area contributed by atoms with Gasteiger partial charge >= 0.3 is 0 Å². The smallest absolute Gasteiger partial charge is 0.266 e. The van der Waals surface area contributed by atoms with E-state index in [1.807, 2.05) is 24.3 Å². The average molecular weight is 402 g/mol. The van der Waals surface area contributed by atoms with E-state index in [9.17, 15) is 9.18 Å². The maximum absolute atomic E-state index is 13.7. The van der Waals surface area contributed by atoms with Crippen molar-refractivity contribution in [2.75, 3.05) is 0 Å². The largest absolute Gasteiger partial charge is 0.291 e. The van der Waals surface area contributed by atoms with Crippen molar-refractivity contribution in [2.45, 2.75) is 0 Å². The Morgan fingerprint density at radius 2 is 1.88 bits per heavy atom. The summed E-state index contributed by atoms with van der Waals surface area (Å²) in [4.78, 5) is 17.4. The third kappa shape index (κ3) is 2.55. The molecule has 0 unspecified atom stereocenters. The molecular weight excluding hydrogens is 393 g/mol. The fraction of sp³-hybridized carbons (Fsp3) is 0. The van der Waals surface area contributed by atoms with Crippen LogP contribution in [0.25, 0.3) is 22.4 Å². The van der Waals surface area contributed by atoms with Crippen molar-refractivity contribution in [1.82, 2.24) is 14.6 Å². The molecule has 0 spiro atoms. The minimum absolute atomic E-state index is 0.302. The van der Waals surface area contributed by atoms with Crippen molar-refractivity contribution in [3.8, 4) is 11.4 Å². The van der Waals surface area contributed by atoms with Crippen LogP contribution in [-0.4, -0.2) is 14.6 Å². The third-order valence-corrected chi connectivity index (χ3v) is 5.14. The Kier molecular flexibility index (Phi) is 3.74. The van der Waals surface area contributed by atoms with Gasteiger partial charge in [-0.25, -0.2) is 4.39 Å². The Morgan fingerprint density at radius 3 is 2.62 bits per heavy atom. The van der Waals surface area contributed by atoms with Crippen molar-refractivity contribution >= 4 is 38.3 Å². The van der Waals surface area contributed by atoms with Crippen LogP contribution in [0, 0.1) is 5.82 Å². The van der Waals surface area contributed by atoms with Crippen molar-refractivity contribution in [2.24, 2.45) is 0 Å². The predicted octanol–water partition coefficient (Wildman–Crippen LogP) is 3.27. The van der Waals surface area contributed by atoms with Gasteiger partial charge in [0, 0.05) is 15.6 Å². The number of fused-ring (bicyclic) bond motifs is 1. The van der Waals surface area contributed by atoms with Gasteiger partial charge in [-0.05, 0) is 24.3 Å². The van der Waals surface area contributed by atoms with Crippen LogP contribution in [0.3, 0.4) is 0 Å². The first kappa shape index (κ1) is 15.2. The van der Waals surface area contributed by atoms with Gasteiger partial charge in [0.25, 0.3) is 5.56 Å². The van der Waals surface area contributed by atoms with E-state index in [2.05, 4.69) is 26.0 Å². The minimum atomic E-state index is -0.371. The standard InChI is InChI=1S/C17H9BrFN3OS/c18-12-7-3-2-6-11(12)15-20-17-22(21-15)16(23)14(24-17)9-10-5-1-4-8-13(10)19/h1-9H/b14-9-. The number of halogens is 2. The van der Waals surface area contributed by atoms with E-state index >= 15 is 0 Å². The van der Waals surface area contributed by atoms with E-state index in [4.69, 9.17) is 0 Å². The van der Waals surface area contributed by atoms with E-state index in [0.29, 0.717) is 20.9 Å². The molecule has 4 nitrogen and oxygen atoms in total. The van der Waals surface area contributed by atoms with Crippen molar-refractivity contribution in [1.29, 1.82) is 0 Å². The van der Waals surface area contributed by atoms with E-state index in [-0.39, 0.29) is 11.4 Å². The highest BCUT2D eigenvalue weighted by atomic mass is 79.9. The van der Waals surface area contributed by atoms with Crippen LogP contribution in [0.2, 0.25) is 0 Å². The summed E-state index contributed by atoms with van der Waals surface area (Å²) in [7, 11) is 0. The molecule has 0 amide bonds. The number of hydrogen-bond acceptors (Lipinski definition) is 4. The summed E-state index contributed by atoms with van der Waals surface area (Å²) in [5.74, 6) is 0.105. The Morgan fingerprint density at radius 1 is 1.12 bits per heavy atom. The molecule has 7 heteroatoms. The van der Waals surface area contributed by atoms with Gasteiger partial charge in [0.15, 0.2) is 5.82 Å². The maximum Gasteiger partial charge on any atom is 0.291 e. The Hall–Kier alpha value is -2.38. The third-order valence-electron chi connectivity index (χ3n) is 3.49. The van der Waals surface area contributed by atoms with Crippen LogP contribution >= 0.6 is 27.3 Å². The normalized spacial score (nSPS) is 12.2. The first-order valence-electron chi connectivity index (χ1n) is 7.04. The molecule has 4 rings (SSSR count). The second kappa shape index (κ2) is 5.92. The number of hydrogen-bond donors (Lipinski definition) is 0. The van der Waals surface area contributed by atoms with Crippen molar-refractivity contribution in [3.63, 3.8) is 0 Å². The van der Waals surface area contributed by atoms with Crippen LogP contribution in [0.1, 0.15) is 5.56 Å². The van der Waals surface area contributed by atoms with Crippen molar-refractivity contribution < 1.29 is 4.39 Å². The molecule has 0 fully saturated rings. The number of benzene rings is 2. The summed E-state index contributed by atoms with van der Waals surface area (Å²) in [6, 6.07) is 13.9. The van der Waals surface area contributed by atoms with Crippen LogP contribution in [0.4, 0.5) is 4.39 Å². The van der Waals surface area contributed by atoms with Gasteiger partial charge in [0.05, 0.1) is 4.53 Å². The minimum Gasteiger partial charge on any atom is -0.266 e. The molecule has 0 saturated carbocycles. The SMILES string of the molecule is O=c1/c(=C/c2ccccc2F)sc2nc(-c3ccccc3Br)nn12. The second-order valence-electron chi connectivity index (χ2n) is 5.05. The summed E-state index contributed by atoms with van der Waals surface area (Å²) in [5, 5.41) is 4.29. The first-order chi connectivity index (χ1) is 11.6. The number of thiazole rings is 1. The molecule has 0 saturated heterocycles. The molecule has 0 atom stereocenters. The van der Waals surface area contributed by atoms with Crippen LogP contribution in [0.5, 0.6) is 0 Å². The molecule has 0 aliphatic rings. The summed E-state index contributed by atoms with van der Waals surface area (Å²) >= 11 is 4.64. The highest BCUT2D eigenvalue weighted by molar-refractivity contribution is 9.10. The van der Waals surface area contributed by atoms with Gasteiger partial charge in [-0.15, -0.1) is 5.10 Å². The summed E-state index contributed by atoms with van der Waals surface area (Å²) in [6.07, 6.45) is 1.52. The van der Waals surface area contributed by atoms with Crippen molar-refractivity contribution in [3.05, 3.63) is 79.3 Å². The first-order valence-corrected chi connectivity index (χ1v) is 8.65. The fourth-order valence-electron chi connectivity index (χ4n) is 2.32. The lowest BCUT2D eigenvalue weighted by molar-refractivity contribution is 0.625. The molecule has 2 aromatic heterocycles. The Labute approximate surface area is 148 Å². The summed E-state index contributed by atoms with van der Waals surface area (Å²) in [6.45, 7) is 0. The average Bonchev–Trinajstić information content (AvgIpc) is 3.10. The molecule has 2 heterocycles. The highest BCUT2D eigenvalue weighted by Crippen LogP contribution is 2.25. The molecule has 118 valence electrons. The molecule has 2 aromatic carbocycles. The maximum atomic E-state index is 13.7. The number of nitrogens with zero attached hydrogens (tertiary/aromatic N) is 3. The predicted molar refractivity (Wildman–Crippen MR) is 95.5 cm³/mol. The Bertz CT molecular complexity index is 1170. The zero-order valence-electron chi connectivity index (χ0n) is 12.1.